The monoisotopic (exact) mass is 387 g/mol. The first-order chi connectivity index (χ1) is 10.1. The number of esters is 1. The number of nitrogens with one attached hydrogen (secondary N) is 1. The van der Waals surface area contributed by atoms with E-state index in [0.29, 0.717) is 9.75 Å². The number of hydrogen-bond acceptors (Lipinski definition) is 6. The van der Waals surface area contributed by atoms with E-state index in [4.69, 9.17) is 4.74 Å². The van der Waals surface area contributed by atoms with Gasteiger partial charge in [0.2, 0.25) is 5.78 Å². The average molecular weight is 388 g/mol. The summed E-state index contributed by atoms with van der Waals surface area (Å²) in [5.74, 6) is -1.26. The predicted molar refractivity (Wildman–Crippen MR) is 84.0 cm³/mol. The van der Waals surface area contributed by atoms with E-state index < -0.39 is 5.97 Å². The summed E-state index contributed by atoms with van der Waals surface area (Å²) in [6.45, 7) is -0.598. The minimum absolute atomic E-state index is 0.266. The van der Waals surface area contributed by atoms with Crippen molar-refractivity contribution >= 4 is 56.3 Å². The van der Waals surface area contributed by atoms with Crippen molar-refractivity contribution in [3.8, 4) is 0 Å². The highest BCUT2D eigenvalue weighted by molar-refractivity contribution is 9.11. The van der Waals surface area contributed by atoms with Crippen LogP contribution in [0.2, 0.25) is 0 Å². The summed E-state index contributed by atoms with van der Waals surface area (Å²) in [6.07, 6.45) is 0. The van der Waals surface area contributed by atoms with E-state index in [0.717, 1.165) is 3.79 Å². The molecule has 0 aromatic carbocycles. The molecule has 0 spiro atoms. The van der Waals surface area contributed by atoms with Gasteiger partial charge in [-0.05, 0) is 39.5 Å². The quantitative estimate of drug-likeness (QED) is 0.610. The topological polar surface area (TPSA) is 72.5 Å². The SMILES string of the molecule is O=C(CNC(=O)c1cccs1)OCC(=O)c1ccc(Br)s1. The third kappa shape index (κ3) is 4.76. The molecule has 0 saturated carbocycles. The summed E-state index contributed by atoms with van der Waals surface area (Å²) in [4.78, 5) is 35.8. The molecule has 0 bridgehead atoms. The van der Waals surface area contributed by atoms with Gasteiger partial charge in [0.25, 0.3) is 5.91 Å². The third-order valence-electron chi connectivity index (χ3n) is 2.35. The molecule has 8 heteroatoms. The fourth-order valence-corrected chi connectivity index (χ4v) is 3.33. The van der Waals surface area contributed by atoms with Crippen molar-refractivity contribution in [2.75, 3.05) is 13.2 Å². The van der Waals surface area contributed by atoms with E-state index in [-0.39, 0.29) is 24.8 Å². The van der Waals surface area contributed by atoms with Gasteiger partial charge in [-0.3, -0.25) is 14.4 Å². The van der Waals surface area contributed by atoms with Gasteiger partial charge in [-0.1, -0.05) is 6.07 Å². The maximum Gasteiger partial charge on any atom is 0.325 e. The molecule has 0 aliphatic heterocycles. The second-order valence-electron chi connectivity index (χ2n) is 3.85. The molecule has 1 N–H and O–H groups in total. The molecule has 5 nitrogen and oxygen atoms in total. The molecule has 110 valence electrons. The van der Waals surface area contributed by atoms with Gasteiger partial charge < -0.3 is 10.1 Å². The van der Waals surface area contributed by atoms with Crippen LogP contribution in [0, 0.1) is 0 Å². The van der Waals surface area contributed by atoms with Crippen molar-refractivity contribution in [1.82, 2.24) is 5.32 Å². The van der Waals surface area contributed by atoms with Crippen LogP contribution in [-0.4, -0.2) is 30.8 Å². The van der Waals surface area contributed by atoms with Crippen molar-refractivity contribution in [1.29, 1.82) is 0 Å². The van der Waals surface area contributed by atoms with Crippen LogP contribution in [0.25, 0.3) is 0 Å². The molecule has 0 fully saturated rings. The normalized spacial score (nSPS) is 10.1. The van der Waals surface area contributed by atoms with Gasteiger partial charge in [0.05, 0.1) is 13.5 Å². The zero-order valence-corrected chi connectivity index (χ0v) is 13.8. The van der Waals surface area contributed by atoms with Crippen molar-refractivity contribution in [2.24, 2.45) is 0 Å². The molecule has 2 heterocycles. The second-order valence-corrected chi connectivity index (χ2v) is 7.26. The van der Waals surface area contributed by atoms with E-state index in [1.807, 2.05) is 0 Å². The molecule has 0 unspecified atom stereocenters. The van der Waals surface area contributed by atoms with E-state index in [2.05, 4.69) is 21.2 Å². The number of amides is 1. The molecule has 0 atom stereocenters. The first-order valence-corrected chi connectivity index (χ1v) is 8.31. The van der Waals surface area contributed by atoms with Crippen LogP contribution in [0.15, 0.2) is 33.4 Å². The van der Waals surface area contributed by atoms with Crippen LogP contribution in [0.3, 0.4) is 0 Å². The minimum Gasteiger partial charge on any atom is -0.456 e. The van der Waals surface area contributed by atoms with Crippen LogP contribution >= 0.6 is 38.6 Å². The van der Waals surface area contributed by atoms with Crippen LogP contribution < -0.4 is 5.32 Å². The van der Waals surface area contributed by atoms with Gasteiger partial charge >= 0.3 is 5.97 Å². The lowest BCUT2D eigenvalue weighted by Crippen LogP contribution is -2.31. The maximum absolute atomic E-state index is 11.7. The Balaban J connectivity index is 1.72. The number of rotatable bonds is 6. The molecule has 0 aliphatic rings. The van der Waals surface area contributed by atoms with Gasteiger partial charge in [-0.15, -0.1) is 22.7 Å². The molecular formula is C13H10BrNO4S2. The largest absolute Gasteiger partial charge is 0.456 e. The van der Waals surface area contributed by atoms with Crippen molar-refractivity contribution < 1.29 is 19.1 Å². The molecule has 0 radical (unpaired) electrons. The Kier molecular flexibility index (Phi) is 5.66. The molecule has 2 aromatic heterocycles. The Labute approximate surface area is 137 Å². The first kappa shape index (κ1) is 15.9. The van der Waals surface area contributed by atoms with Gasteiger partial charge in [0, 0.05) is 0 Å². The van der Waals surface area contributed by atoms with E-state index in [1.165, 1.54) is 22.7 Å². The highest BCUT2D eigenvalue weighted by Gasteiger charge is 2.13. The number of ketones is 1. The fourth-order valence-electron chi connectivity index (χ4n) is 1.38. The van der Waals surface area contributed by atoms with Crippen LogP contribution in [0.5, 0.6) is 0 Å². The summed E-state index contributed by atoms with van der Waals surface area (Å²) in [7, 11) is 0. The smallest absolute Gasteiger partial charge is 0.325 e. The standard InChI is InChI=1S/C13H10BrNO4S2/c14-11-4-3-9(21-11)8(16)7-19-12(17)6-15-13(18)10-2-1-5-20-10/h1-5H,6-7H2,(H,15,18). The van der Waals surface area contributed by atoms with Crippen LogP contribution in [0.1, 0.15) is 19.3 Å². The van der Waals surface area contributed by atoms with Gasteiger partial charge in [-0.25, -0.2) is 0 Å². The lowest BCUT2D eigenvalue weighted by atomic mass is 10.3. The highest BCUT2D eigenvalue weighted by atomic mass is 79.9. The van der Waals surface area contributed by atoms with E-state index in [9.17, 15) is 14.4 Å². The predicted octanol–water partition coefficient (Wildman–Crippen LogP) is 2.73. The number of Topliss-reactive ketones (excluding diaryl/α,β-unsaturated/α-hetero) is 1. The van der Waals surface area contributed by atoms with Crippen molar-refractivity contribution in [2.45, 2.75) is 0 Å². The highest BCUT2D eigenvalue weighted by Crippen LogP contribution is 2.22. The molecule has 21 heavy (non-hydrogen) atoms. The van der Waals surface area contributed by atoms with E-state index >= 15 is 0 Å². The summed E-state index contributed by atoms with van der Waals surface area (Å²) in [5.41, 5.74) is 0. The molecule has 0 aliphatic carbocycles. The van der Waals surface area contributed by atoms with Crippen LogP contribution in [0.4, 0.5) is 0 Å². The summed E-state index contributed by atoms with van der Waals surface area (Å²) < 4.78 is 5.66. The Morgan fingerprint density at radius 3 is 2.62 bits per heavy atom. The van der Waals surface area contributed by atoms with Gasteiger partial charge in [0.15, 0.2) is 6.61 Å². The lowest BCUT2D eigenvalue weighted by Gasteiger charge is -2.04. The fraction of sp³-hybridized carbons (Fsp3) is 0.154. The van der Waals surface area contributed by atoms with Crippen molar-refractivity contribution in [3.63, 3.8) is 0 Å². The van der Waals surface area contributed by atoms with E-state index in [1.54, 1.807) is 29.6 Å². The maximum atomic E-state index is 11.7. The Hall–Kier alpha value is -1.51. The Morgan fingerprint density at radius 1 is 1.19 bits per heavy atom. The number of carbonyl (C=O) groups excluding carboxylic acids is 3. The zero-order valence-electron chi connectivity index (χ0n) is 10.6. The molecule has 0 saturated heterocycles. The molecule has 2 rings (SSSR count). The lowest BCUT2D eigenvalue weighted by molar-refractivity contribution is -0.141. The summed E-state index contributed by atoms with van der Waals surface area (Å²) in [6, 6.07) is 6.81. The zero-order chi connectivity index (χ0) is 15.2. The summed E-state index contributed by atoms with van der Waals surface area (Å²) in [5, 5.41) is 4.20. The number of carbonyl (C=O) groups is 3. The summed E-state index contributed by atoms with van der Waals surface area (Å²) >= 11 is 5.80. The molecular weight excluding hydrogens is 378 g/mol. The van der Waals surface area contributed by atoms with Crippen molar-refractivity contribution in [3.05, 3.63) is 43.2 Å². The number of halogens is 1. The number of ether oxygens (including phenoxy) is 1. The average Bonchev–Trinajstić information content (AvgIpc) is 3.13. The molecule has 1 amide bonds. The molecule has 2 aromatic rings. The number of hydrogen-bond donors (Lipinski definition) is 1. The van der Waals surface area contributed by atoms with Crippen LogP contribution in [-0.2, 0) is 9.53 Å². The minimum atomic E-state index is -0.649. The number of thiophene rings is 2. The second kappa shape index (κ2) is 7.48. The Morgan fingerprint density at radius 2 is 2.00 bits per heavy atom. The van der Waals surface area contributed by atoms with Gasteiger partial charge in [-0.2, -0.15) is 0 Å². The third-order valence-corrected chi connectivity index (χ3v) is 4.88. The Bertz CT molecular complexity index is 651. The van der Waals surface area contributed by atoms with Gasteiger partial charge in [0.1, 0.15) is 6.54 Å². The first-order valence-electron chi connectivity index (χ1n) is 5.82.